The van der Waals surface area contributed by atoms with Crippen LogP contribution in [0.2, 0.25) is 0 Å². The van der Waals surface area contributed by atoms with E-state index in [4.69, 9.17) is 10.1 Å². The molecule has 1 atom stereocenters. The summed E-state index contributed by atoms with van der Waals surface area (Å²) in [5, 5.41) is 12.6. The van der Waals surface area contributed by atoms with Crippen molar-refractivity contribution < 1.29 is 9.90 Å². The number of hydrogen-bond acceptors (Lipinski definition) is 4. The van der Waals surface area contributed by atoms with Crippen LogP contribution in [0, 0.1) is 6.92 Å². The summed E-state index contributed by atoms with van der Waals surface area (Å²) in [7, 11) is 0. The van der Waals surface area contributed by atoms with Crippen LogP contribution in [0.5, 0.6) is 0 Å². The van der Waals surface area contributed by atoms with Crippen LogP contribution in [0.15, 0.2) is 47.4 Å². The number of likely N-dealkylation sites (tertiary alicyclic amines) is 1. The molecule has 1 aliphatic heterocycles. The third-order valence-electron chi connectivity index (χ3n) is 5.90. The molecule has 0 saturated carbocycles. The van der Waals surface area contributed by atoms with Gasteiger partial charge in [0.1, 0.15) is 5.65 Å². The Morgan fingerprint density at radius 2 is 2.13 bits per heavy atom. The molecule has 4 rings (SSSR count). The molecule has 1 aromatic carbocycles. The lowest BCUT2D eigenvalue weighted by molar-refractivity contribution is 0.155. The van der Waals surface area contributed by atoms with Gasteiger partial charge in [0.2, 0.25) is 0 Å². The highest BCUT2D eigenvalue weighted by molar-refractivity contribution is 5.72. The number of aromatic nitrogens is 2. The smallest absolute Gasteiger partial charge is 0.407 e. The summed E-state index contributed by atoms with van der Waals surface area (Å²) < 4.78 is 1.61. The van der Waals surface area contributed by atoms with Crippen molar-refractivity contribution in [3.8, 4) is 11.1 Å². The number of carboxylic acid groups (broad SMARTS) is 1. The van der Waals surface area contributed by atoms with E-state index in [9.17, 15) is 9.59 Å². The van der Waals surface area contributed by atoms with Crippen LogP contribution in [0.25, 0.3) is 16.8 Å². The van der Waals surface area contributed by atoms with Crippen LogP contribution >= 0.6 is 0 Å². The molecular formula is C24H28N4O3. The summed E-state index contributed by atoms with van der Waals surface area (Å²) >= 11 is 0. The third kappa shape index (κ3) is 4.26. The molecular weight excluding hydrogens is 392 g/mol. The molecule has 1 unspecified atom stereocenters. The molecule has 0 radical (unpaired) electrons. The molecule has 0 aliphatic carbocycles. The predicted octanol–water partition coefficient (Wildman–Crippen LogP) is 4.18. The van der Waals surface area contributed by atoms with Gasteiger partial charge in [-0.05, 0) is 61.6 Å². The van der Waals surface area contributed by atoms with E-state index in [0.29, 0.717) is 24.3 Å². The topological polar surface area (TPSA) is 86.9 Å². The highest BCUT2D eigenvalue weighted by Crippen LogP contribution is 2.28. The molecule has 1 fully saturated rings. The number of aryl methyl sites for hydroxylation is 2. The predicted molar refractivity (Wildman–Crippen MR) is 122 cm³/mol. The summed E-state index contributed by atoms with van der Waals surface area (Å²) in [6, 6.07) is 11.7. The van der Waals surface area contributed by atoms with Gasteiger partial charge in [-0.25, -0.2) is 9.78 Å². The van der Waals surface area contributed by atoms with Crippen molar-refractivity contribution in [1.29, 1.82) is 0 Å². The number of unbranched alkanes of at least 4 members (excludes halogenated alkanes) is 1. The Hall–Kier alpha value is -3.35. The van der Waals surface area contributed by atoms with E-state index >= 15 is 0 Å². The second-order valence-corrected chi connectivity index (χ2v) is 8.16. The third-order valence-corrected chi connectivity index (χ3v) is 5.90. The van der Waals surface area contributed by atoms with Crippen LogP contribution < -0.4 is 10.9 Å². The van der Waals surface area contributed by atoms with E-state index in [2.05, 4.69) is 12.2 Å². The minimum Gasteiger partial charge on any atom is -0.465 e. The van der Waals surface area contributed by atoms with E-state index < -0.39 is 6.09 Å². The number of benzene rings is 1. The van der Waals surface area contributed by atoms with Gasteiger partial charge < -0.3 is 15.3 Å². The van der Waals surface area contributed by atoms with Crippen LogP contribution in [0.1, 0.15) is 37.4 Å². The average molecular weight is 421 g/mol. The van der Waals surface area contributed by atoms with Crippen LogP contribution in [-0.2, 0) is 6.42 Å². The standard InChI is InChI=1S/C24H28N4O3/c1-3-4-7-20-22(23(29)28-12-6-5-8-21(28)26-20)19-10-9-17(14-16(19)2)25-18-11-13-27(15-18)24(30)31/h5-6,8-10,12,14,18,25H,3-4,7,11,13,15H2,1-2H3,(H,30,31). The maximum Gasteiger partial charge on any atom is 0.407 e. The first-order valence-corrected chi connectivity index (χ1v) is 10.8. The molecule has 31 heavy (non-hydrogen) atoms. The fourth-order valence-electron chi connectivity index (χ4n) is 4.25. The van der Waals surface area contributed by atoms with E-state index in [1.54, 1.807) is 10.6 Å². The zero-order valence-corrected chi connectivity index (χ0v) is 18.0. The number of pyridine rings is 1. The minimum atomic E-state index is -0.875. The van der Waals surface area contributed by atoms with E-state index in [0.717, 1.165) is 48.2 Å². The number of nitrogens with one attached hydrogen (secondary N) is 1. The molecule has 3 aromatic rings. The quantitative estimate of drug-likeness (QED) is 0.625. The molecule has 7 nitrogen and oxygen atoms in total. The van der Waals surface area contributed by atoms with Crippen molar-refractivity contribution in [2.75, 3.05) is 18.4 Å². The number of rotatable bonds is 6. The zero-order valence-electron chi connectivity index (χ0n) is 18.0. The normalized spacial score (nSPS) is 16.1. The molecule has 7 heteroatoms. The Morgan fingerprint density at radius 1 is 1.29 bits per heavy atom. The van der Waals surface area contributed by atoms with Crippen molar-refractivity contribution in [1.82, 2.24) is 14.3 Å². The molecule has 2 aromatic heterocycles. The molecule has 162 valence electrons. The SMILES string of the molecule is CCCCc1nc2ccccn2c(=O)c1-c1ccc(NC2CCN(C(=O)O)C2)cc1C. The molecule has 1 amide bonds. The van der Waals surface area contributed by atoms with Crippen LogP contribution in [0.4, 0.5) is 10.5 Å². The van der Waals surface area contributed by atoms with Gasteiger partial charge in [-0.15, -0.1) is 0 Å². The number of anilines is 1. The Bertz CT molecular complexity index is 1170. The fraction of sp³-hybridized carbons (Fsp3) is 0.375. The van der Waals surface area contributed by atoms with Gasteiger partial charge in [0.05, 0.1) is 11.3 Å². The van der Waals surface area contributed by atoms with E-state index in [1.807, 2.05) is 43.3 Å². The Balaban J connectivity index is 1.68. The number of amides is 1. The Kier molecular flexibility index (Phi) is 5.93. The molecule has 3 heterocycles. The first-order valence-electron chi connectivity index (χ1n) is 10.8. The van der Waals surface area contributed by atoms with Gasteiger partial charge in [-0.1, -0.05) is 25.5 Å². The summed E-state index contributed by atoms with van der Waals surface area (Å²) in [5.74, 6) is 0. The number of carbonyl (C=O) groups is 1. The van der Waals surface area contributed by atoms with Gasteiger partial charge in [-0.3, -0.25) is 9.20 Å². The fourth-order valence-corrected chi connectivity index (χ4v) is 4.25. The molecule has 0 bridgehead atoms. The summed E-state index contributed by atoms with van der Waals surface area (Å²) in [6.45, 7) is 5.16. The van der Waals surface area contributed by atoms with Crippen molar-refractivity contribution in [2.24, 2.45) is 0 Å². The van der Waals surface area contributed by atoms with Crippen LogP contribution in [0.3, 0.4) is 0 Å². The minimum absolute atomic E-state index is 0.0478. The molecule has 0 spiro atoms. The maximum absolute atomic E-state index is 13.4. The maximum atomic E-state index is 13.4. The number of nitrogens with zero attached hydrogens (tertiary/aromatic N) is 3. The largest absolute Gasteiger partial charge is 0.465 e. The second-order valence-electron chi connectivity index (χ2n) is 8.16. The van der Waals surface area contributed by atoms with E-state index in [1.165, 1.54) is 4.90 Å². The molecule has 2 N–H and O–H groups in total. The monoisotopic (exact) mass is 420 g/mol. The molecule has 1 aliphatic rings. The van der Waals surface area contributed by atoms with Gasteiger partial charge in [0.15, 0.2) is 0 Å². The van der Waals surface area contributed by atoms with Crippen LogP contribution in [-0.4, -0.2) is 44.6 Å². The number of fused-ring (bicyclic) bond motifs is 1. The highest BCUT2D eigenvalue weighted by Gasteiger charge is 2.26. The van der Waals surface area contributed by atoms with Crippen molar-refractivity contribution in [3.05, 3.63) is 64.2 Å². The summed E-state index contributed by atoms with van der Waals surface area (Å²) in [5.41, 5.74) is 4.95. The zero-order chi connectivity index (χ0) is 22.0. The Morgan fingerprint density at radius 3 is 2.84 bits per heavy atom. The van der Waals surface area contributed by atoms with Crippen molar-refractivity contribution in [3.63, 3.8) is 0 Å². The summed E-state index contributed by atoms with van der Waals surface area (Å²) in [6.07, 6.45) is 4.44. The summed E-state index contributed by atoms with van der Waals surface area (Å²) in [4.78, 5) is 30.8. The highest BCUT2D eigenvalue weighted by atomic mass is 16.4. The van der Waals surface area contributed by atoms with Crippen molar-refractivity contribution in [2.45, 2.75) is 45.6 Å². The van der Waals surface area contributed by atoms with Gasteiger partial charge in [0.25, 0.3) is 5.56 Å². The van der Waals surface area contributed by atoms with Gasteiger partial charge in [-0.2, -0.15) is 0 Å². The average Bonchev–Trinajstić information content (AvgIpc) is 3.22. The lowest BCUT2D eigenvalue weighted by atomic mass is 9.97. The van der Waals surface area contributed by atoms with Gasteiger partial charge in [0, 0.05) is 31.0 Å². The van der Waals surface area contributed by atoms with E-state index in [-0.39, 0.29) is 11.6 Å². The number of hydrogen-bond donors (Lipinski definition) is 2. The first kappa shape index (κ1) is 20.9. The lowest BCUT2D eigenvalue weighted by Gasteiger charge is -2.17. The molecule has 1 saturated heterocycles. The lowest BCUT2D eigenvalue weighted by Crippen LogP contribution is -2.30. The van der Waals surface area contributed by atoms with Crippen molar-refractivity contribution >= 4 is 17.4 Å². The second kappa shape index (κ2) is 8.79. The first-order chi connectivity index (χ1) is 15.0. The van der Waals surface area contributed by atoms with Gasteiger partial charge >= 0.3 is 6.09 Å². The Labute approximate surface area is 181 Å².